The van der Waals surface area contributed by atoms with Gasteiger partial charge in [0, 0.05) is 32.2 Å². The van der Waals surface area contributed by atoms with Crippen molar-refractivity contribution in [3.8, 4) is 0 Å². The van der Waals surface area contributed by atoms with Crippen molar-refractivity contribution < 1.29 is 28.7 Å². The van der Waals surface area contributed by atoms with Crippen LogP contribution >= 0.6 is 0 Å². The standard InChI is InChI=1S/C28H37N5O5S/c34-18-21-17-33(14-15-38-21)25-3-1-2-24(30-25)31-26(35)22-5-4-20(29-19-28(8-9-28)39(36)37)16-23(22)32-12-10-27(6-7-27)11-13-32/h1-5,16,21,29,34H,6-15,17-19H2,(H,36,37)(H,30,31,35)/t21-/m1/s1. The Balaban J connectivity index is 1.20. The van der Waals surface area contributed by atoms with Crippen molar-refractivity contribution in [3.05, 3.63) is 42.0 Å². The topological polar surface area (TPSA) is 135 Å². The second kappa shape index (κ2) is 10.8. The minimum absolute atomic E-state index is 0.0452. The fourth-order valence-electron chi connectivity index (χ4n) is 5.80. The van der Waals surface area contributed by atoms with E-state index in [2.05, 4.69) is 20.1 Å². The molecule has 10 nitrogen and oxygen atoms in total. The van der Waals surface area contributed by atoms with Crippen molar-refractivity contribution in [2.24, 2.45) is 5.41 Å². The molecular weight excluding hydrogens is 518 g/mol. The predicted octanol–water partition coefficient (Wildman–Crippen LogP) is 1.52. The number of piperidine rings is 1. The van der Waals surface area contributed by atoms with Gasteiger partial charge in [-0.1, -0.05) is 6.07 Å². The molecule has 1 aromatic carbocycles. The molecule has 2 aliphatic heterocycles. The van der Waals surface area contributed by atoms with Crippen molar-refractivity contribution in [1.82, 2.24) is 4.98 Å². The van der Waals surface area contributed by atoms with E-state index in [1.54, 1.807) is 6.07 Å². The quantitative estimate of drug-likeness (QED) is 0.313. The van der Waals surface area contributed by atoms with Gasteiger partial charge < -0.3 is 34.8 Å². The molecule has 1 unspecified atom stereocenters. The summed E-state index contributed by atoms with van der Waals surface area (Å²) in [7, 11) is 0. The highest BCUT2D eigenvalue weighted by atomic mass is 32.2. The molecular formula is C28H37N5O5S. The van der Waals surface area contributed by atoms with Gasteiger partial charge in [0.2, 0.25) is 0 Å². The summed E-state index contributed by atoms with van der Waals surface area (Å²) in [5.41, 5.74) is 2.93. The minimum Gasteiger partial charge on any atom is -0.772 e. The molecule has 0 radical (unpaired) electrons. The first-order valence-electron chi connectivity index (χ1n) is 14.0. The van der Waals surface area contributed by atoms with Crippen LogP contribution in [0, 0.1) is 5.41 Å². The predicted molar refractivity (Wildman–Crippen MR) is 148 cm³/mol. The molecule has 1 spiro atoms. The van der Waals surface area contributed by atoms with E-state index in [1.807, 2.05) is 35.6 Å². The smallest absolute Gasteiger partial charge is 0.258 e. The fourth-order valence-corrected chi connectivity index (χ4v) is 6.46. The largest absolute Gasteiger partial charge is 0.772 e. The molecule has 1 amide bonds. The van der Waals surface area contributed by atoms with Crippen LogP contribution in [0.3, 0.4) is 0 Å². The number of amides is 1. The van der Waals surface area contributed by atoms with Crippen molar-refractivity contribution >= 4 is 40.0 Å². The highest BCUT2D eigenvalue weighted by Gasteiger charge is 2.47. The number of nitrogens with two attached hydrogens (primary N) is 1. The van der Waals surface area contributed by atoms with Gasteiger partial charge in [-0.25, -0.2) is 4.98 Å². The summed E-state index contributed by atoms with van der Waals surface area (Å²) in [5.74, 6) is 0.980. The highest BCUT2D eigenvalue weighted by Crippen LogP contribution is 2.54. The number of nitrogens with zero attached hydrogens (tertiary/aromatic N) is 3. The van der Waals surface area contributed by atoms with Gasteiger partial charge in [-0.2, -0.15) is 0 Å². The van der Waals surface area contributed by atoms with Gasteiger partial charge in [0.1, 0.15) is 17.3 Å². The maximum Gasteiger partial charge on any atom is 0.258 e. The fraction of sp³-hybridized carbons (Fsp3) is 0.571. The Labute approximate surface area is 231 Å². The molecule has 4 aliphatic rings. The number of pyridine rings is 1. The molecule has 6 rings (SSSR count). The number of rotatable bonds is 9. The van der Waals surface area contributed by atoms with Crippen molar-refractivity contribution in [2.75, 3.05) is 61.1 Å². The first-order valence-corrected chi connectivity index (χ1v) is 15.0. The van der Waals surface area contributed by atoms with Crippen molar-refractivity contribution in [3.63, 3.8) is 0 Å². The van der Waals surface area contributed by atoms with Gasteiger partial charge in [-0.3, -0.25) is 9.00 Å². The summed E-state index contributed by atoms with van der Waals surface area (Å²) >= 11 is -2.08. The van der Waals surface area contributed by atoms with Gasteiger partial charge in [0.25, 0.3) is 5.91 Å². The van der Waals surface area contributed by atoms with E-state index < -0.39 is 15.8 Å². The lowest BCUT2D eigenvalue weighted by Gasteiger charge is -2.35. The number of ether oxygens (including phenoxy) is 1. The SMILES string of the molecule is O=C(Nc1cccc(N2CCO[C@@H](CO)C2)n1)c1ccc([NH2+]CC2(S(=O)[O-])CC2)cc1N1CCC2(CC1)CC2. The van der Waals surface area contributed by atoms with Gasteiger partial charge in [-0.05, 0) is 79.3 Å². The summed E-state index contributed by atoms with van der Waals surface area (Å²) in [6.45, 7) is 3.99. The second-order valence-corrected chi connectivity index (χ2v) is 12.9. The number of nitrogens with one attached hydrogen (secondary N) is 1. The van der Waals surface area contributed by atoms with E-state index >= 15 is 0 Å². The summed E-state index contributed by atoms with van der Waals surface area (Å²) < 4.78 is 28.2. The number of anilines is 3. The van der Waals surface area contributed by atoms with Crippen LogP contribution in [0.4, 0.5) is 23.0 Å². The molecule has 11 heteroatoms. The monoisotopic (exact) mass is 555 g/mol. The zero-order valence-electron chi connectivity index (χ0n) is 22.1. The Morgan fingerprint density at radius 2 is 1.92 bits per heavy atom. The molecule has 4 N–H and O–H groups in total. The number of morpholine rings is 1. The lowest BCUT2D eigenvalue weighted by Crippen LogP contribution is -2.81. The molecule has 3 heterocycles. The van der Waals surface area contributed by atoms with Gasteiger partial charge in [0.15, 0.2) is 0 Å². The molecule has 1 aromatic heterocycles. The van der Waals surface area contributed by atoms with Crippen LogP contribution in [0.5, 0.6) is 0 Å². The Hall–Kier alpha value is -2.57. The maximum absolute atomic E-state index is 13.6. The average Bonchev–Trinajstić information content (AvgIpc) is 3.90. The zero-order valence-corrected chi connectivity index (χ0v) is 23.0. The third-order valence-electron chi connectivity index (χ3n) is 8.90. The molecule has 2 saturated heterocycles. The average molecular weight is 556 g/mol. The van der Waals surface area contributed by atoms with Crippen LogP contribution in [-0.2, 0) is 15.8 Å². The minimum atomic E-state index is -2.08. The summed E-state index contributed by atoms with van der Waals surface area (Å²) in [6, 6.07) is 11.3. The number of aromatic nitrogens is 1. The number of benzene rings is 1. The van der Waals surface area contributed by atoms with E-state index in [-0.39, 0.29) is 18.6 Å². The van der Waals surface area contributed by atoms with Crippen LogP contribution in [-0.4, -0.2) is 81.5 Å². The van der Waals surface area contributed by atoms with Crippen LogP contribution in [0.25, 0.3) is 0 Å². The zero-order chi connectivity index (χ0) is 27.0. The molecule has 39 heavy (non-hydrogen) atoms. The van der Waals surface area contributed by atoms with Gasteiger partial charge in [0.05, 0.1) is 41.9 Å². The lowest BCUT2D eigenvalue weighted by atomic mass is 9.93. The Kier molecular flexibility index (Phi) is 7.36. The number of carbonyl (C=O) groups excluding carboxylic acids is 1. The van der Waals surface area contributed by atoms with Crippen LogP contribution in [0.2, 0.25) is 0 Å². The van der Waals surface area contributed by atoms with E-state index in [0.29, 0.717) is 55.9 Å². The summed E-state index contributed by atoms with van der Waals surface area (Å²) in [6.07, 6.45) is 6.05. The number of carbonyl (C=O) groups is 1. The summed E-state index contributed by atoms with van der Waals surface area (Å²) in [4.78, 5) is 22.6. The lowest BCUT2D eigenvalue weighted by molar-refractivity contribution is -0.572. The maximum atomic E-state index is 13.6. The van der Waals surface area contributed by atoms with E-state index in [0.717, 1.165) is 43.1 Å². The number of aliphatic hydroxyl groups excluding tert-OH is 1. The first-order chi connectivity index (χ1) is 18.9. The van der Waals surface area contributed by atoms with Crippen LogP contribution < -0.4 is 20.4 Å². The van der Waals surface area contributed by atoms with Crippen LogP contribution in [0.15, 0.2) is 36.4 Å². The van der Waals surface area contributed by atoms with Crippen LogP contribution in [0.1, 0.15) is 48.9 Å². The molecule has 2 aromatic rings. The number of quaternary nitrogens is 1. The van der Waals surface area contributed by atoms with Crippen molar-refractivity contribution in [2.45, 2.75) is 49.4 Å². The first kappa shape index (κ1) is 26.6. The van der Waals surface area contributed by atoms with E-state index in [1.165, 1.54) is 12.8 Å². The normalized spacial score (nSPS) is 23.9. The molecule has 2 saturated carbocycles. The molecule has 4 fully saturated rings. The Morgan fingerprint density at radius 3 is 2.62 bits per heavy atom. The van der Waals surface area contributed by atoms with Gasteiger partial charge >= 0.3 is 0 Å². The van der Waals surface area contributed by atoms with E-state index in [4.69, 9.17) is 4.74 Å². The third kappa shape index (κ3) is 5.83. The molecule has 210 valence electrons. The van der Waals surface area contributed by atoms with E-state index in [9.17, 15) is 18.7 Å². The Bertz CT molecular complexity index is 1240. The number of aliphatic hydroxyl groups is 1. The molecule has 2 atom stereocenters. The molecule has 2 aliphatic carbocycles. The molecule has 0 bridgehead atoms. The van der Waals surface area contributed by atoms with Crippen molar-refractivity contribution in [1.29, 1.82) is 0 Å². The Morgan fingerprint density at radius 1 is 1.13 bits per heavy atom. The van der Waals surface area contributed by atoms with Gasteiger partial charge in [-0.15, -0.1) is 0 Å². The summed E-state index contributed by atoms with van der Waals surface area (Å²) in [5, 5.41) is 14.5. The number of hydrogen-bond acceptors (Lipinski definition) is 8. The number of hydrogen-bond donors (Lipinski definition) is 3. The highest BCUT2D eigenvalue weighted by molar-refractivity contribution is 7.81. The third-order valence-corrected chi connectivity index (χ3v) is 10.2. The second-order valence-electron chi connectivity index (χ2n) is 11.5.